The summed E-state index contributed by atoms with van der Waals surface area (Å²) in [7, 11) is 0. The minimum absolute atomic E-state index is 0.214. The molecule has 3 nitrogen and oxygen atoms in total. The quantitative estimate of drug-likeness (QED) is 0.377. The maximum absolute atomic E-state index is 10.3. The zero-order chi connectivity index (χ0) is 21.7. The number of hydrogen-bond donors (Lipinski definition) is 2. The van der Waals surface area contributed by atoms with Gasteiger partial charge in [-0.2, -0.15) is 0 Å². The predicted molar refractivity (Wildman–Crippen MR) is 124 cm³/mol. The summed E-state index contributed by atoms with van der Waals surface area (Å²) in [5.41, 5.74) is 1.69. The van der Waals surface area contributed by atoms with Crippen LogP contribution < -0.4 is 0 Å². The van der Waals surface area contributed by atoms with Crippen LogP contribution in [0, 0.1) is 52.3 Å². The molecule has 0 aromatic heterocycles. The monoisotopic (exact) mass is 417 g/mol. The molecule has 4 aliphatic carbocycles. The second-order valence-electron chi connectivity index (χ2n) is 12.7. The van der Waals surface area contributed by atoms with Crippen molar-refractivity contribution in [1.29, 1.82) is 0 Å². The SMILES string of the molecule is CC(C)CCC[C@@H](C)[C@H]1CC[C@H]2[C@@H]3C/C(=N/O)C4C[C@@H](O)CC[C@]4(C)[C@H]3CC[C@]12C. The van der Waals surface area contributed by atoms with Gasteiger partial charge in [0.25, 0.3) is 0 Å². The van der Waals surface area contributed by atoms with Gasteiger partial charge in [0.15, 0.2) is 0 Å². The van der Waals surface area contributed by atoms with Crippen molar-refractivity contribution < 1.29 is 10.3 Å². The maximum Gasteiger partial charge on any atom is 0.0611 e. The van der Waals surface area contributed by atoms with Gasteiger partial charge in [-0.25, -0.2) is 0 Å². The van der Waals surface area contributed by atoms with Crippen molar-refractivity contribution in [1.82, 2.24) is 0 Å². The smallest absolute Gasteiger partial charge is 0.0611 e. The third-order valence-corrected chi connectivity index (χ3v) is 10.8. The highest BCUT2D eigenvalue weighted by atomic mass is 16.4. The van der Waals surface area contributed by atoms with Crippen molar-refractivity contribution >= 4 is 5.71 Å². The van der Waals surface area contributed by atoms with Gasteiger partial charge >= 0.3 is 0 Å². The molecule has 30 heavy (non-hydrogen) atoms. The lowest BCUT2D eigenvalue weighted by Gasteiger charge is -2.61. The van der Waals surface area contributed by atoms with Gasteiger partial charge in [-0.3, -0.25) is 0 Å². The number of nitrogens with zero attached hydrogens (tertiary/aromatic N) is 1. The number of oxime groups is 1. The second kappa shape index (κ2) is 8.41. The Morgan fingerprint density at radius 1 is 0.967 bits per heavy atom. The maximum atomic E-state index is 10.3. The Kier molecular flexibility index (Phi) is 6.34. The lowest BCUT2D eigenvalue weighted by atomic mass is 9.44. The molecule has 0 bridgehead atoms. The van der Waals surface area contributed by atoms with Crippen LogP contribution in [0.15, 0.2) is 5.16 Å². The predicted octanol–water partition coefficient (Wildman–Crippen LogP) is 6.91. The zero-order valence-corrected chi connectivity index (χ0v) is 20.2. The molecule has 4 saturated carbocycles. The van der Waals surface area contributed by atoms with E-state index in [0.717, 1.165) is 61.0 Å². The highest BCUT2D eigenvalue weighted by Crippen LogP contribution is 2.68. The van der Waals surface area contributed by atoms with E-state index in [2.05, 4.69) is 39.8 Å². The average Bonchev–Trinajstić information content (AvgIpc) is 3.05. The molecule has 4 rings (SSSR count). The third-order valence-electron chi connectivity index (χ3n) is 10.8. The largest absolute Gasteiger partial charge is 0.411 e. The first kappa shape index (κ1) is 22.6. The summed E-state index contributed by atoms with van der Waals surface area (Å²) in [5.74, 6) is 5.01. The first-order valence-electron chi connectivity index (χ1n) is 13.1. The molecule has 0 radical (unpaired) electrons. The highest BCUT2D eigenvalue weighted by Gasteiger charge is 2.62. The van der Waals surface area contributed by atoms with Crippen LogP contribution in [-0.4, -0.2) is 22.1 Å². The van der Waals surface area contributed by atoms with E-state index in [1.54, 1.807) is 0 Å². The van der Waals surface area contributed by atoms with Gasteiger partial charge in [-0.1, -0.05) is 59.0 Å². The molecular weight excluding hydrogens is 370 g/mol. The lowest BCUT2D eigenvalue weighted by molar-refractivity contribution is -0.0946. The Morgan fingerprint density at radius 2 is 1.67 bits per heavy atom. The molecule has 0 amide bonds. The molecule has 0 spiro atoms. The molecule has 0 heterocycles. The molecule has 172 valence electrons. The average molecular weight is 418 g/mol. The minimum atomic E-state index is -0.215. The van der Waals surface area contributed by atoms with Crippen LogP contribution in [0.2, 0.25) is 0 Å². The van der Waals surface area contributed by atoms with Gasteiger partial charge in [0, 0.05) is 5.92 Å². The van der Waals surface area contributed by atoms with Crippen LogP contribution in [0.5, 0.6) is 0 Å². The van der Waals surface area contributed by atoms with Crippen LogP contribution in [0.25, 0.3) is 0 Å². The molecule has 4 fully saturated rings. The van der Waals surface area contributed by atoms with Gasteiger partial charge < -0.3 is 10.3 Å². The Hall–Kier alpha value is -0.570. The molecule has 0 saturated heterocycles. The summed E-state index contributed by atoms with van der Waals surface area (Å²) in [6.07, 6.45) is 13.2. The summed E-state index contributed by atoms with van der Waals surface area (Å²) in [6.45, 7) is 12.3. The Labute approximate surface area is 185 Å². The van der Waals surface area contributed by atoms with Gasteiger partial charge in [-0.05, 0) is 97.7 Å². The summed E-state index contributed by atoms with van der Waals surface area (Å²) in [6, 6.07) is 0. The molecule has 0 aliphatic heterocycles. The molecular formula is C27H47NO2. The fourth-order valence-electron chi connectivity index (χ4n) is 9.18. The van der Waals surface area contributed by atoms with Crippen molar-refractivity contribution in [2.24, 2.45) is 57.4 Å². The van der Waals surface area contributed by atoms with Crippen LogP contribution in [0.4, 0.5) is 0 Å². The first-order valence-corrected chi connectivity index (χ1v) is 13.1. The minimum Gasteiger partial charge on any atom is -0.411 e. The Balaban J connectivity index is 1.53. The van der Waals surface area contributed by atoms with E-state index in [-0.39, 0.29) is 17.4 Å². The van der Waals surface area contributed by atoms with Crippen molar-refractivity contribution in [3.8, 4) is 0 Å². The van der Waals surface area contributed by atoms with Crippen LogP contribution in [-0.2, 0) is 0 Å². The van der Waals surface area contributed by atoms with E-state index in [9.17, 15) is 10.3 Å². The Morgan fingerprint density at radius 3 is 2.37 bits per heavy atom. The van der Waals surface area contributed by atoms with E-state index < -0.39 is 0 Å². The Bertz CT molecular complexity index is 645. The van der Waals surface area contributed by atoms with Crippen LogP contribution in [0.3, 0.4) is 0 Å². The molecule has 4 aliphatic rings. The molecule has 3 heteroatoms. The molecule has 0 aromatic rings. The van der Waals surface area contributed by atoms with Crippen LogP contribution in [0.1, 0.15) is 105 Å². The first-order chi connectivity index (χ1) is 14.2. The molecule has 1 unspecified atom stereocenters. The van der Waals surface area contributed by atoms with E-state index in [4.69, 9.17) is 0 Å². The number of aliphatic hydroxyl groups is 1. The lowest BCUT2D eigenvalue weighted by Crippen LogP contribution is -2.57. The fraction of sp³-hybridized carbons (Fsp3) is 0.963. The number of aliphatic hydroxyl groups excluding tert-OH is 1. The fourth-order valence-corrected chi connectivity index (χ4v) is 9.18. The van der Waals surface area contributed by atoms with E-state index in [1.165, 1.54) is 44.9 Å². The third kappa shape index (κ3) is 3.65. The molecule has 9 atom stereocenters. The van der Waals surface area contributed by atoms with Gasteiger partial charge in [-0.15, -0.1) is 0 Å². The van der Waals surface area contributed by atoms with Crippen molar-refractivity contribution in [2.75, 3.05) is 0 Å². The summed E-state index contributed by atoms with van der Waals surface area (Å²) in [5, 5.41) is 24.1. The number of fused-ring (bicyclic) bond motifs is 5. The van der Waals surface area contributed by atoms with E-state index in [1.807, 2.05) is 0 Å². The van der Waals surface area contributed by atoms with Gasteiger partial charge in [0.2, 0.25) is 0 Å². The number of rotatable bonds is 5. The molecule has 0 aromatic carbocycles. The second-order valence-corrected chi connectivity index (χ2v) is 12.7. The highest BCUT2D eigenvalue weighted by molar-refractivity contribution is 5.88. The zero-order valence-electron chi connectivity index (χ0n) is 20.2. The van der Waals surface area contributed by atoms with Crippen LogP contribution >= 0.6 is 0 Å². The summed E-state index contributed by atoms with van der Waals surface area (Å²) in [4.78, 5) is 0. The van der Waals surface area contributed by atoms with Gasteiger partial charge in [0.05, 0.1) is 11.8 Å². The van der Waals surface area contributed by atoms with Crippen molar-refractivity contribution in [2.45, 2.75) is 111 Å². The van der Waals surface area contributed by atoms with Crippen molar-refractivity contribution in [3.05, 3.63) is 0 Å². The van der Waals surface area contributed by atoms with E-state index in [0.29, 0.717) is 11.3 Å². The topological polar surface area (TPSA) is 52.8 Å². The summed E-state index contributed by atoms with van der Waals surface area (Å²) >= 11 is 0. The normalized spacial score (nSPS) is 48.3. The standard InChI is InChI=1S/C27H47NO2/c1-17(2)7-6-8-18(3)21-9-10-22-20-16-25(28-30)24-15-19(29)11-13-27(24,5)23(20)12-14-26(21,22)4/h17-24,29-30H,6-16H2,1-5H3/b28-25-/t18-,19+,20+,21-,22+,23+,24?,26-,27-/m1/s1. The molecule has 2 N–H and O–H groups in total. The van der Waals surface area contributed by atoms with Crippen molar-refractivity contribution in [3.63, 3.8) is 0 Å². The van der Waals surface area contributed by atoms with Gasteiger partial charge in [0.1, 0.15) is 0 Å². The number of hydrogen-bond acceptors (Lipinski definition) is 3. The van der Waals surface area contributed by atoms with E-state index >= 15 is 0 Å². The summed E-state index contributed by atoms with van der Waals surface area (Å²) < 4.78 is 0.